The first kappa shape index (κ1) is 21.6. The molecule has 23 heavy (non-hydrogen) atoms. The van der Waals surface area contributed by atoms with Crippen molar-refractivity contribution in [2.45, 2.75) is 84.0 Å². The van der Waals surface area contributed by atoms with Crippen LogP contribution in [0.3, 0.4) is 0 Å². The Morgan fingerprint density at radius 1 is 0.696 bits per heavy atom. The number of hydrogen-bond donors (Lipinski definition) is 0. The molecule has 4 nitrogen and oxygen atoms in total. The topological polar surface area (TPSA) is 60.4 Å². The highest BCUT2D eigenvalue weighted by Crippen LogP contribution is 2.08. The molecule has 0 N–H and O–H groups in total. The van der Waals surface area contributed by atoms with Gasteiger partial charge in [-0.05, 0) is 31.4 Å². The van der Waals surface area contributed by atoms with Gasteiger partial charge in [0.05, 0.1) is 7.11 Å². The number of allylic oxidation sites excluding steroid dienone is 2. The Morgan fingerprint density at radius 2 is 1.13 bits per heavy atom. The maximum Gasteiger partial charge on any atom is 0.305 e. The van der Waals surface area contributed by atoms with Crippen LogP contribution in [0.4, 0.5) is 0 Å². The quantitative estimate of drug-likeness (QED) is 0.252. The van der Waals surface area contributed by atoms with Crippen molar-refractivity contribution in [1.29, 1.82) is 0 Å². The molecule has 0 atom stereocenters. The van der Waals surface area contributed by atoms with E-state index in [2.05, 4.69) is 11.7 Å². The summed E-state index contributed by atoms with van der Waals surface area (Å²) in [6.07, 6.45) is 13.4. The maximum absolute atomic E-state index is 11.6. The molecule has 0 rings (SSSR count). The van der Waals surface area contributed by atoms with Crippen LogP contribution in [0, 0.1) is 0 Å². The zero-order valence-electron chi connectivity index (χ0n) is 14.8. The van der Waals surface area contributed by atoms with Gasteiger partial charge in [-0.2, -0.15) is 0 Å². The molecule has 0 aromatic carbocycles. The van der Waals surface area contributed by atoms with Crippen molar-refractivity contribution in [2.24, 2.45) is 0 Å². The molecule has 0 heterocycles. The number of carbonyl (C=O) groups excluding carboxylic acids is 3. The number of esters is 1. The van der Waals surface area contributed by atoms with Gasteiger partial charge in [0.1, 0.15) is 0 Å². The molecule has 0 aromatic heterocycles. The standard InChI is InChI=1S/C19H32O4/c1-3-4-5-9-12-17(20)15-16-18(21)13-10-7-6-8-11-14-19(22)23-2/h15-16H,3-14H2,1-2H3. The second-order valence-corrected chi connectivity index (χ2v) is 5.92. The van der Waals surface area contributed by atoms with E-state index in [0.29, 0.717) is 19.3 Å². The predicted molar refractivity (Wildman–Crippen MR) is 92.2 cm³/mol. The zero-order chi connectivity index (χ0) is 17.3. The van der Waals surface area contributed by atoms with Crippen LogP contribution in [0.1, 0.15) is 84.0 Å². The van der Waals surface area contributed by atoms with Gasteiger partial charge in [0, 0.05) is 19.3 Å². The van der Waals surface area contributed by atoms with Crippen molar-refractivity contribution < 1.29 is 19.1 Å². The summed E-state index contributed by atoms with van der Waals surface area (Å²) in [7, 11) is 1.40. The first-order valence-corrected chi connectivity index (χ1v) is 8.90. The highest BCUT2D eigenvalue weighted by atomic mass is 16.5. The Morgan fingerprint density at radius 3 is 1.61 bits per heavy atom. The lowest BCUT2D eigenvalue weighted by atomic mass is 10.1. The molecule has 0 saturated carbocycles. The molecule has 4 heteroatoms. The lowest BCUT2D eigenvalue weighted by Crippen LogP contribution is -1.99. The van der Waals surface area contributed by atoms with Crippen molar-refractivity contribution in [3.05, 3.63) is 12.2 Å². The van der Waals surface area contributed by atoms with Crippen LogP contribution >= 0.6 is 0 Å². The third kappa shape index (κ3) is 15.2. The van der Waals surface area contributed by atoms with Crippen molar-refractivity contribution >= 4 is 17.5 Å². The first-order chi connectivity index (χ1) is 11.1. The number of hydrogen-bond acceptors (Lipinski definition) is 4. The van der Waals surface area contributed by atoms with E-state index in [1.807, 2.05) is 0 Å². The summed E-state index contributed by atoms with van der Waals surface area (Å²) in [5.74, 6) is -0.0802. The Kier molecular flexibility index (Phi) is 14.5. The molecule has 0 spiro atoms. The normalized spacial score (nSPS) is 10.9. The number of unbranched alkanes of at least 4 members (excludes halogenated alkanes) is 7. The average Bonchev–Trinajstić information content (AvgIpc) is 2.55. The van der Waals surface area contributed by atoms with Gasteiger partial charge in [0.2, 0.25) is 0 Å². The fraction of sp³-hybridized carbons (Fsp3) is 0.737. The lowest BCUT2D eigenvalue weighted by molar-refractivity contribution is -0.140. The highest BCUT2D eigenvalue weighted by molar-refractivity contribution is 5.98. The SMILES string of the molecule is CCCCCCC(=O)C=CC(=O)CCCCCCCC(=O)OC. The summed E-state index contributed by atoms with van der Waals surface area (Å²) in [4.78, 5) is 34.1. The molecule has 0 amide bonds. The minimum absolute atomic E-state index is 0.0291. The van der Waals surface area contributed by atoms with Crippen molar-refractivity contribution in [2.75, 3.05) is 7.11 Å². The second kappa shape index (κ2) is 15.4. The third-order valence-corrected chi connectivity index (χ3v) is 3.76. The fourth-order valence-electron chi connectivity index (χ4n) is 2.28. The second-order valence-electron chi connectivity index (χ2n) is 5.92. The smallest absolute Gasteiger partial charge is 0.305 e. The van der Waals surface area contributed by atoms with Crippen LogP contribution in [0.2, 0.25) is 0 Å². The number of ether oxygens (including phenoxy) is 1. The summed E-state index contributed by atoms with van der Waals surface area (Å²) in [5.41, 5.74) is 0. The van der Waals surface area contributed by atoms with E-state index in [1.54, 1.807) is 0 Å². The molecule has 0 aliphatic heterocycles. The van der Waals surface area contributed by atoms with Gasteiger partial charge < -0.3 is 4.74 Å². The van der Waals surface area contributed by atoms with E-state index in [-0.39, 0.29) is 17.5 Å². The molecule has 0 radical (unpaired) electrons. The Labute approximate surface area is 140 Å². The maximum atomic E-state index is 11.6. The van der Waals surface area contributed by atoms with Crippen LogP contribution < -0.4 is 0 Å². The minimum atomic E-state index is -0.162. The Hall–Kier alpha value is -1.45. The zero-order valence-corrected chi connectivity index (χ0v) is 14.8. The first-order valence-electron chi connectivity index (χ1n) is 8.90. The van der Waals surface area contributed by atoms with Crippen LogP contribution in [0.5, 0.6) is 0 Å². The van der Waals surface area contributed by atoms with Gasteiger partial charge in [0.15, 0.2) is 11.6 Å². The molecule has 0 unspecified atom stereocenters. The summed E-state index contributed by atoms with van der Waals surface area (Å²) in [6.45, 7) is 2.14. The van der Waals surface area contributed by atoms with E-state index in [0.717, 1.165) is 57.8 Å². The van der Waals surface area contributed by atoms with Gasteiger partial charge in [-0.15, -0.1) is 0 Å². The molecule has 132 valence electrons. The minimum Gasteiger partial charge on any atom is -0.469 e. The van der Waals surface area contributed by atoms with Crippen LogP contribution in [-0.2, 0) is 19.1 Å². The summed E-state index contributed by atoms with van der Waals surface area (Å²) >= 11 is 0. The highest BCUT2D eigenvalue weighted by Gasteiger charge is 2.02. The summed E-state index contributed by atoms with van der Waals surface area (Å²) in [6, 6.07) is 0. The summed E-state index contributed by atoms with van der Waals surface area (Å²) in [5, 5.41) is 0. The molecule has 0 bridgehead atoms. The largest absolute Gasteiger partial charge is 0.469 e. The number of methoxy groups -OCH3 is 1. The molecule has 0 aliphatic carbocycles. The number of ketones is 2. The third-order valence-electron chi connectivity index (χ3n) is 3.76. The van der Waals surface area contributed by atoms with Gasteiger partial charge in [-0.25, -0.2) is 0 Å². The summed E-state index contributed by atoms with van der Waals surface area (Å²) < 4.78 is 4.57. The van der Waals surface area contributed by atoms with Gasteiger partial charge >= 0.3 is 5.97 Å². The Bertz CT molecular complexity index is 372. The monoisotopic (exact) mass is 324 g/mol. The molecule has 0 fully saturated rings. The van der Waals surface area contributed by atoms with E-state index < -0.39 is 0 Å². The van der Waals surface area contributed by atoms with Gasteiger partial charge in [-0.1, -0.05) is 45.4 Å². The predicted octanol–water partition coefficient (Wildman–Crippen LogP) is 4.55. The van der Waals surface area contributed by atoms with Crippen molar-refractivity contribution in [3.63, 3.8) is 0 Å². The van der Waals surface area contributed by atoms with Crippen LogP contribution in [0.25, 0.3) is 0 Å². The fourth-order valence-corrected chi connectivity index (χ4v) is 2.28. The lowest BCUT2D eigenvalue weighted by Gasteiger charge is -2.00. The molecule has 0 saturated heterocycles. The van der Waals surface area contributed by atoms with Crippen LogP contribution in [0.15, 0.2) is 12.2 Å². The van der Waals surface area contributed by atoms with Gasteiger partial charge in [-0.3, -0.25) is 14.4 Å². The van der Waals surface area contributed by atoms with Crippen molar-refractivity contribution in [3.8, 4) is 0 Å². The average molecular weight is 324 g/mol. The number of rotatable bonds is 15. The van der Waals surface area contributed by atoms with E-state index in [1.165, 1.54) is 19.3 Å². The Balaban J connectivity index is 3.53. The van der Waals surface area contributed by atoms with E-state index >= 15 is 0 Å². The van der Waals surface area contributed by atoms with E-state index in [9.17, 15) is 14.4 Å². The van der Waals surface area contributed by atoms with Crippen molar-refractivity contribution in [1.82, 2.24) is 0 Å². The molecule has 0 aromatic rings. The van der Waals surface area contributed by atoms with Crippen LogP contribution in [-0.4, -0.2) is 24.6 Å². The molecular formula is C19H32O4. The molecule has 0 aliphatic rings. The number of carbonyl (C=O) groups is 3. The van der Waals surface area contributed by atoms with E-state index in [4.69, 9.17) is 0 Å². The molecular weight excluding hydrogens is 292 g/mol. The van der Waals surface area contributed by atoms with Gasteiger partial charge in [0.25, 0.3) is 0 Å².